The van der Waals surface area contributed by atoms with Crippen molar-refractivity contribution < 1.29 is 14.5 Å². The van der Waals surface area contributed by atoms with E-state index >= 15 is 0 Å². The van der Waals surface area contributed by atoms with Gasteiger partial charge in [-0.15, -0.1) is 0 Å². The first-order chi connectivity index (χ1) is 11.3. The molecule has 1 unspecified atom stereocenters. The predicted octanol–water partition coefficient (Wildman–Crippen LogP) is 1.20. The monoisotopic (exact) mass is 334 g/mol. The lowest BCUT2D eigenvalue weighted by molar-refractivity contribution is -0.931. The second-order valence-corrected chi connectivity index (χ2v) is 8.76. The first-order valence-corrected chi connectivity index (χ1v) is 9.65. The molecule has 2 rings (SSSR count). The molecule has 0 radical (unpaired) electrons. The van der Waals surface area contributed by atoms with Crippen LogP contribution in [0.25, 0.3) is 0 Å². The first-order valence-electron chi connectivity index (χ1n) is 9.65. The molecule has 1 fully saturated rings. The lowest BCUT2D eigenvalue weighted by atomic mass is 9.73. The van der Waals surface area contributed by atoms with Gasteiger partial charge in [0.25, 0.3) is 0 Å². The van der Waals surface area contributed by atoms with Gasteiger partial charge in [0.15, 0.2) is 0 Å². The molecule has 2 atom stereocenters. The van der Waals surface area contributed by atoms with Crippen LogP contribution < -0.4 is 9.80 Å². The van der Waals surface area contributed by atoms with Crippen molar-refractivity contribution in [2.45, 2.75) is 52.2 Å². The number of hydrogen-bond acceptors (Lipinski definition) is 1. The van der Waals surface area contributed by atoms with E-state index in [1.54, 1.807) is 9.80 Å². The minimum atomic E-state index is 0.0117. The Kier molecular flexibility index (Phi) is 6.85. The summed E-state index contributed by atoms with van der Waals surface area (Å²) in [7, 11) is 4.59. The van der Waals surface area contributed by atoms with Crippen LogP contribution in [0.2, 0.25) is 0 Å². The maximum Gasteiger partial charge on any atom is 0.103 e. The Morgan fingerprint density at radius 2 is 1.79 bits per heavy atom. The standard InChI is InChI=1S/C21H36N2O/c1-6-13-23(15-19-10-8-7-9-11-19)18-21(17-22(4)5)12-14-24-20(2,3)16-21/h7-11H,6,12-18H2,1-5H3/p+2/t21-/m1/s1. The maximum atomic E-state index is 6.04. The number of hydrogen-bond donors (Lipinski definition) is 2. The zero-order chi connectivity index (χ0) is 17.6. The van der Waals surface area contributed by atoms with Crippen LogP contribution in [0.5, 0.6) is 0 Å². The van der Waals surface area contributed by atoms with E-state index in [1.165, 1.54) is 44.5 Å². The maximum absolute atomic E-state index is 6.04. The summed E-state index contributed by atoms with van der Waals surface area (Å²) in [6.07, 6.45) is 3.61. The van der Waals surface area contributed by atoms with Crippen LogP contribution in [-0.4, -0.2) is 45.9 Å². The van der Waals surface area contributed by atoms with Crippen LogP contribution in [-0.2, 0) is 11.3 Å². The zero-order valence-corrected chi connectivity index (χ0v) is 16.5. The normalized spacial score (nSPS) is 24.9. The second kappa shape index (κ2) is 8.46. The van der Waals surface area contributed by atoms with Crippen molar-refractivity contribution in [2.24, 2.45) is 5.41 Å². The van der Waals surface area contributed by atoms with Crippen LogP contribution >= 0.6 is 0 Å². The Morgan fingerprint density at radius 1 is 1.08 bits per heavy atom. The molecule has 0 spiro atoms. The summed E-state index contributed by atoms with van der Waals surface area (Å²) in [5.41, 5.74) is 1.86. The Balaban J connectivity index is 2.14. The molecule has 3 heteroatoms. The molecular weight excluding hydrogens is 296 g/mol. The van der Waals surface area contributed by atoms with Crippen molar-refractivity contribution in [3.63, 3.8) is 0 Å². The molecule has 0 aliphatic carbocycles. The Hall–Kier alpha value is -0.900. The second-order valence-electron chi connectivity index (χ2n) is 8.76. The van der Waals surface area contributed by atoms with Crippen LogP contribution in [0.4, 0.5) is 0 Å². The predicted molar refractivity (Wildman–Crippen MR) is 101 cm³/mol. The summed E-state index contributed by atoms with van der Waals surface area (Å²) >= 11 is 0. The Bertz CT molecular complexity index is 486. The highest BCUT2D eigenvalue weighted by Crippen LogP contribution is 2.37. The highest BCUT2D eigenvalue weighted by molar-refractivity contribution is 5.13. The van der Waals surface area contributed by atoms with Gasteiger partial charge in [0.05, 0.1) is 44.7 Å². The minimum absolute atomic E-state index is 0.0117. The van der Waals surface area contributed by atoms with E-state index in [-0.39, 0.29) is 5.60 Å². The van der Waals surface area contributed by atoms with Gasteiger partial charge >= 0.3 is 0 Å². The van der Waals surface area contributed by atoms with Gasteiger partial charge in [-0.2, -0.15) is 0 Å². The van der Waals surface area contributed by atoms with Crippen molar-refractivity contribution in [1.82, 2.24) is 0 Å². The van der Waals surface area contributed by atoms with Gasteiger partial charge in [-0.1, -0.05) is 37.3 Å². The molecule has 1 saturated heterocycles. The van der Waals surface area contributed by atoms with Crippen molar-refractivity contribution >= 4 is 0 Å². The molecule has 3 nitrogen and oxygen atoms in total. The fourth-order valence-corrected chi connectivity index (χ4v) is 4.71. The van der Waals surface area contributed by atoms with E-state index in [4.69, 9.17) is 4.74 Å². The average Bonchev–Trinajstić information content (AvgIpc) is 2.46. The third-order valence-corrected chi connectivity index (χ3v) is 5.18. The highest BCUT2D eigenvalue weighted by atomic mass is 16.5. The van der Waals surface area contributed by atoms with Gasteiger partial charge < -0.3 is 14.5 Å². The SMILES string of the molecule is CCC[NH+](Cc1ccccc1)C[C@]1(C[NH+](C)C)CCOC(C)(C)C1. The van der Waals surface area contributed by atoms with Crippen molar-refractivity contribution in [3.05, 3.63) is 35.9 Å². The van der Waals surface area contributed by atoms with Crippen LogP contribution in [0, 0.1) is 5.41 Å². The molecule has 1 heterocycles. The topological polar surface area (TPSA) is 18.1 Å². The molecule has 136 valence electrons. The summed E-state index contributed by atoms with van der Waals surface area (Å²) in [6, 6.07) is 11.0. The molecule has 0 aromatic heterocycles. The van der Waals surface area contributed by atoms with Gasteiger partial charge in [0.2, 0.25) is 0 Å². The van der Waals surface area contributed by atoms with Gasteiger partial charge in [-0.05, 0) is 33.1 Å². The number of rotatable bonds is 8. The molecular formula is C21H38N2O+2. The fraction of sp³-hybridized carbons (Fsp3) is 0.714. The number of nitrogens with one attached hydrogen (secondary N) is 2. The van der Waals surface area contributed by atoms with E-state index in [9.17, 15) is 0 Å². The van der Waals surface area contributed by atoms with Gasteiger partial charge in [-0.25, -0.2) is 0 Å². The van der Waals surface area contributed by atoms with Gasteiger partial charge in [0, 0.05) is 12.2 Å². The van der Waals surface area contributed by atoms with Crippen LogP contribution in [0.3, 0.4) is 0 Å². The van der Waals surface area contributed by atoms with Crippen LogP contribution in [0.1, 0.15) is 45.6 Å². The third kappa shape index (κ3) is 5.87. The van der Waals surface area contributed by atoms with Gasteiger partial charge in [0.1, 0.15) is 6.54 Å². The summed E-state index contributed by atoms with van der Waals surface area (Å²) in [6.45, 7) is 12.6. The molecule has 1 aliphatic rings. The molecule has 0 amide bonds. The minimum Gasteiger partial charge on any atom is -0.376 e. The summed E-state index contributed by atoms with van der Waals surface area (Å²) in [4.78, 5) is 3.28. The van der Waals surface area contributed by atoms with E-state index in [1.807, 2.05) is 0 Å². The molecule has 2 N–H and O–H groups in total. The summed E-state index contributed by atoms with van der Waals surface area (Å²) in [5, 5.41) is 0. The van der Waals surface area contributed by atoms with Crippen molar-refractivity contribution in [3.8, 4) is 0 Å². The zero-order valence-electron chi connectivity index (χ0n) is 16.5. The molecule has 1 aromatic rings. The summed E-state index contributed by atoms with van der Waals surface area (Å²) in [5.74, 6) is 0. The van der Waals surface area contributed by atoms with Crippen LogP contribution in [0.15, 0.2) is 30.3 Å². The number of quaternary nitrogens is 2. The molecule has 1 aromatic carbocycles. The van der Waals surface area contributed by atoms with E-state index < -0.39 is 0 Å². The Labute approximate surface area is 149 Å². The van der Waals surface area contributed by atoms with Crippen molar-refractivity contribution in [2.75, 3.05) is 40.3 Å². The molecule has 0 saturated carbocycles. The van der Waals surface area contributed by atoms with E-state index in [0.29, 0.717) is 5.41 Å². The first kappa shape index (κ1) is 19.4. The fourth-order valence-electron chi connectivity index (χ4n) is 4.71. The number of ether oxygens (including phenoxy) is 1. The summed E-state index contributed by atoms with van der Waals surface area (Å²) < 4.78 is 6.04. The van der Waals surface area contributed by atoms with E-state index in [0.717, 1.165) is 13.2 Å². The number of benzene rings is 1. The highest BCUT2D eigenvalue weighted by Gasteiger charge is 2.45. The smallest absolute Gasteiger partial charge is 0.103 e. The quantitative estimate of drug-likeness (QED) is 0.731. The lowest BCUT2D eigenvalue weighted by Crippen LogP contribution is -3.14. The van der Waals surface area contributed by atoms with Crippen molar-refractivity contribution in [1.29, 1.82) is 0 Å². The lowest BCUT2D eigenvalue weighted by Gasteiger charge is -2.45. The third-order valence-electron chi connectivity index (χ3n) is 5.18. The van der Waals surface area contributed by atoms with E-state index in [2.05, 4.69) is 65.2 Å². The largest absolute Gasteiger partial charge is 0.376 e. The average molecular weight is 335 g/mol. The Morgan fingerprint density at radius 3 is 2.38 bits per heavy atom. The van der Waals surface area contributed by atoms with Gasteiger partial charge in [-0.3, -0.25) is 0 Å². The molecule has 1 aliphatic heterocycles. The molecule has 24 heavy (non-hydrogen) atoms. The molecule has 0 bridgehead atoms.